The number of nitrogens with zero attached hydrogens (tertiary/aromatic N) is 1. The first-order valence-corrected chi connectivity index (χ1v) is 13.9. The fraction of sp³-hybridized carbons (Fsp3) is 0.0645. The molecule has 216 valence electrons. The molecule has 0 radical (unpaired) electrons. The number of carbonyl (C=O) groups is 3. The first-order valence-electron chi connectivity index (χ1n) is 12.9. The number of carbonyl (C=O) groups excluding carboxylic acids is 3. The number of amides is 3. The van der Waals surface area contributed by atoms with E-state index in [1.54, 1.807) is 72.8 Å². The highest BCUT2D eigenvalue weighted by molar-refractivity contribution is 8.00. The van der Waals surface area contributed by atoms with Crippen LogP contribution >= 0.6 is 11.8 Å². The summed E-state index contributed by atoms with van der Waals surface area (Å²) < 4.78 is 10.6. The summed E-state index contributed by atoms with van der Waals surface area (Å²) in [6, 6.07) is 26.0. The van der Waals surface area contributed by atoms with Crippen molar-refractivity contribution in [1.29, 1.82) is 0 Å². The van der Waals surface area contributed by atoms with Crippen LogP contribution in [0.3, 0.4) is 0 Å². The third-order valence-corrected chi connectivity index (χ3v) is 7.09. The van der Waals surface area contributed by atoms with E-state index in [4.69, 9.17) is 9.47 Å². The fourth-order valence-electron chi connectivity index (χ4n) is 3.95. The van der Waals surface area contributed by atoms with Crippen molar-refractivity contribution in [3.63, 3.8) is 0 Å². The number of hydrogen-bond donors (Lipinski definition) is 3. The van der Waals surface area contributed by atoms with Gasteiger partial charge in [0, 0.05) is 40.0 Å². The first kappa shape index (κ1) is 28.9. The Hall–Kier alpha value is -5.62. The van der Waals surface area contributed by atoms with Crippen molar-refractivity contribution < 1.29 is 28.8 Å². The lowest BCUT2D eigenvalue weighted by Gasteiger charge is -2.12. The zero-order valence-corrected chi connectivity index (χ0v) is 23.3. The Morgan fingerprint density at radius 1 is 0.837 bits per heavy atom. The molecule has 5 rings (SSSR count). The molecule has 12 heteroatoms. The molecular weight excluding hydrogens is 572 g/mol. The summed E-state index contributed by atoms with van der Waals surface area (Å²) in [5.41, 5.74) is 1.75. The zero-order valence-electron chi connectivity index (χ0n) is 22.4. The monoisotopic (exact) mass is 596 g/mol. The van der Waals surface area contributed by atoms with Crippen molar-refractivity contribution in [2.24, 2.45) is 0 Å². The third kappa shape index (κ3) is 7.77. The highest BCUT2D eigenvalue weighted by atomic mass is 32.2. The minimum absolute atomic E-state index is 0.0543. The molecule has 0 atom stereocenters. The van der Waals surface area contributed by atoms with Crippen LogP contribution in [0.4, 0.5) is 17.1 Å². The summed E-state index contributed by atoms with van der Waals surface area (Å²) in [7, 11) is 0. The van der Waals surface area contributed by atoms with Crippen LogP contribution in [0.5, 0.6) is 11.5 Å². The van der Waals surface area contributed by atoms with Crippen LogP contribution in [-0.4, -0.2) is 35.2 Å². The predicted octanol–water partition coefficient (Wildman–Crippen LogP) is 5.46. The first-order chi connectivity index (χ1) is 20.8. The van der Waals surface area contributed by atoms with Gasteiger partial charge in [-0.2, -0.15) is 0 Å². The van der Waals surface area contributed by atoms with Crippen molar-refractivity contribution in [2.45, 2.75) is 4.90 Å². The number of nitro benzene ring substituents is 1. The third-order valence-electron chi connectivity index (χ3n) is 6.08. The molecule has 0 aliphatic carbocycles. The minimum atomic E-state index is -0.592. The average Bonchev–Trinajstić information content (AvgIpc) is 3.49. The number of nitrogens with one attached hydrogen (secondary N) is 3. The van der Waals surface area contributed by atoms with E-state index in [-0.39, 0.29) is 29.8 Å². The van der Waals surface area contributed by atoms with Gasteiger partial charge >= 0.3 is 0 Å². The SMILES string of the molecule is O=C(CSc1ccc(NC(=O)/C(=C/c2ccc([N+](=O)[O-])cc2)NC(=O)c2ccccc2)cc1)Nc1ccc2c(c1)OCO2. The Bertz CT molecular complexity index is 1690. The van der Waals surface area contributed by atoms with Gasteiger partial charge in [-0.25, -0.2) is 0 Å². The molecule has 0 unspecified atom stereocenters. The van der Waals surface area contributed by atoms with Gasteiger partial charge in [0.15, 0.2) is 11.5 Å². The van der Waals surface area contributed by atoms with Gasteiger partial charge in [0.25, 0.3) is 17.5 Å². The van der Waals surface area contributed by atoms with Gasteiger partial charge < -0.3 is 25.4 Å². The maximum absolute atomic E-state index is 13.2. The molecule has 0 saturated heterocycles. The summed E-state index contributed by atoms with van der Waals surface area (Å²) in [5.74, 6) is 0.0890. The van der Waals surface area contributed by atoms with Crippen molar-refractivity contribution in [3.8, 4) is 11.5 Å². The lowest BCUT2D eigenvalue weighted by atomic mass is 10.1. The summed E-state index contributed by atoms with van der Waals surface area (Å²) in [6.07, 6.45) is 1.43. The largest absolute Gasteiger partial charge is 0.454 e. The van der Waals surface area contributed by atoms with Gasteiger partial charge in [-0.1, -0.05) is 18.2 Å². The molecule has 1 aliphatic rings. The van der Waals surface area contributed by atoms with E-state index in [1.807, 2.05) is 0 Å². The molecule has 0 fully saturated rings. The smallest absolute Gasteiger partial charge is 0.272 e. The van der Waals surface area contributed by atoms with E-state index in [1.165, 1.54) is 42.1 Å². The lowest BCUT2D eigenvalue weighted by molar-refractivity contribution is -0.384. The Labute approximate surface area is 250 Å². The molecule has 1 heterocycles. The number of nitro groups is 1. The topological polar surface area (TPSA) is 149 Å². The number of anilines is 2. The average molecular weight is 597 g/mol. The van der Waals surface area contributed by atoms with E-state index in [0.717, 1.165) is 4.90 Å². The van der Waals surface area contributed by atoms with Crippen molar-refractivity contribution in [1.82, 2.24) is 5.32 Å². The van der Waals surface area contributed by atoms with Gasteiger partial charge in [-0.05, 0) is 72.3 Å². The molecule has 4 aromatic carbocycles. The van der Waals surface area contributed by atoms with Gasteiger partial charge in [-0.15, -0.1) is 11.8 Å². The number of ether oxygens (including phenoxy) is 2. The molecule has 3 N–H and O–H groups in total. The highest BCUT2D eigenvalue weighted by Crippen LogP contribution is 2.34. The number of non-ortho nitro benzene ring substituents is 1. The lowest BCUT2D eigenvalue weighted by Crippen LogP contribution is -2.30. The molecule has 1 aliphatic heterocycles. The Balaban J connectivity index is 1.22. The van der Waals surface area contributed by atoms with E-state index in [9.17, 15) is 24.5 Å². The van der Waals surface area contributed by atoms with Crippen LogP contribution in [0.1, 0.15) is 15.9 Å². The molecule has 0 aromatic heterocycles. The van der Waals surface area contributed by atoms with Gasteiger partial charge in [0.2, 0.25) is 12.7 Å². The minimum Gasteiger partial charge on any atom is -0.454 e. The molecule has 4 aromatic rings. The predicted molar refractivity (Wildman–Crippen MR) is 162 cm³/mol. The normalized spacial score (nSPS) is 11.9. The van der Waals surface area contributed by atoms with Crippen molar-refractivity contribution in [2.75, 3.05) is 23.2 Å². The molecule has 43 heavy (non-hydrogen) atoms. The summed E-state index contributed by atoms with van der Waals surface area (Å²) >= 11 is 1.32. The number of thioether (sulfide) groups is 1. The van der Waals surface area contributed by atoms with Crippen LogP contribution in [0.2, 0.25) is 0 Å². The number of fused-ring (bicyclic) bond motifs is 1. The second kappa shape index (κ2) is 13.4. The molecule has 0 bridgehead atoms. The van der Waals surface area contributed by atoms with E-state index in [0.29, 0.717) is 34.0 Å². The van der Waals surface area contributed by atoms with Crippen LogP contribution in [0, 0.1) is 10.1 Å². The highest BCUT2D eigenvalue weighted by Gasteiger charge is 2.17. The fourth-order valence-corrected chi connectivity index (χ4v) is 4.65. The van der Waals surface area contributed by atoms with Crippen LogP contribution < -0.4 is 25.4 Å². The summed E-state index contributed by atoms with van der Waals surface area (Å²) in [5, 5.41) is 19.2. The molecular formula is C31H24N4O7S. The maximum atomic E-state index is 13.2. The Morgan fingerprint density at radius 3 is 2.26 bits per heavy atom. The van der Waals surface area contributed by atoms with E-state index in [2.05, 4.69) is 16.0 Å². The van der Waals surface area contributed by atoms with E-state index >= 15 is 0 Å². The summed E-state index contributed by atoms with van der Waals surface area (Å²) in [4.78, 5) is 49.7. The zero-order chi connectivity index (χ0) is 30.2. The second-order valence-electron chi connectivity index (χ2n) is 9.11. The van der Waals surface area contributed by atoms with Crippen molar-refractivity contribution >= 4 is 52.6 Å². The molecule has 11 nitrogen and oxygen atoms in total. The number of hydrogen-bond acceptors (Lipinski definition) is 8. The molecule has 3 amide bonds. The van der Waals surface area contributed by atoms with Crippen LogP contribution in [0.25, 0.3) is 6.08 Å². The maximum Gasteiger partial charge on any atom is 0.272 e. The molecule has 0 saturated carbocycles. The quantitative estimate of drug-likeness (QED) is 0.0945. The second-order valence-corrected chi connectivity index (χ2v) is 10.2. The van der Waals surface area contributed by atoms with Crippen LogP contribution in [-0.2, 0) is 9.59 Å². The van der Waals surface area contributed by atoms with E-state index < -0.39 is 16.7 Å². The number of benzene rings is 4. The van der Waals surface area contributed by atoms with Gasteiger partial charge in [0.1, 0.15) is 5.70 Å². The Kier molecular flexibility index (Phi) is 8.98. The Morgan fingerprint density at radius 2 is 1.53 bits per heavy atom. The van der Waals surface area contributed by atoms with Gasteiger partial charge in [-0.3, -0.25) is 24.5 Å². The van der Waals surface area contributed by atoms with Crippen LogP contribution in [0.15, 0.2) is 108 Å². The van der Waals surface area contributed by atoms with Gasteiger partial charge in [0.05, 0.1) is 10.7 Å². The standard InChI is InChI=1S/C31H24N4O7S/c36-29(32-23-10-15-27-28(17-23)42-19-41-27)18-43-25-13-8-22(9-14-25)33-31(38)26(34-30(37)21-4-2-1-3-5-21)16-20-6-11-24(12-7-20)35(39)40/h1-17H,18-19H2,(H,32,36)(H,33,38)(H,34,37)/b26-16-. The summed E-state index contributed by atoms with van der Waals surface area (Å²) in [6.45, 7) is 0.152. The molecule has 0 spiro atoms. The number of rotatable bonds is 10. The van der Waals surface area contributed by atoms with Crippen molar-refractivity contribution in [3.05, 3.63) is 124 Å².